The number of primary amides is 1. The summed E-state index contributed by atoms with van der Waals surface area (Å²) >= 11 is 0. The molecule has 25 heavy (non-hydrogen) atoms. The molecule has 0 fully saturated rings. The Morgan fingerprint density at radius 1 is 1.36 bits per heavy atom. The average Bonchev–Trinajstić information content (AvgIpc) is 3.02. The summed E-state index contributed by atoms with van der Waals surface area (Å²) in [5.41, 5.74) is 5.69. The third-order valence-electron chi connectivity index (χ3n) is 4.30. The second-order valence-electron chi connectivity index (χ2n) is 6.05. The summed E-state index contributed by atoms with van der Waals surface area (Å²) in [7, 11) is 0. The fourth-order valence-electron chi connectivity index (χ4n) is 2.95. The molecule has 0 radical (unpaired) electrons. The number of nitriles is 1. The second kappa shape index (κ2) is 6.73. The van der Waals surface area contributed by atoms with Crippen LogP contribution in [0.1, 0.15) is 16.8 Å². The normalized spacial score (nSPS) is 21.8. The first-order valence-electron chi connectivity index (χ1n) is 7.84. The fraction of sp³-hybridized carbons (Fsp3) is 0.211. The molecule has 0 saturated carbocycles. The molecular weight excluding hydrogens is 319 g/mol. The van der Waals surface area contributed by atoms with Crippen LogP contribution in [0.15, 0.2) is 61.1 Å². The van der Waals surface area contributed by atoms with Crippen molar-refractivity contribution in [1.29, 1.82) is 5.26 Å². The van der Waals surface area contributed by atoms with Crippen LogP contribution in [0.4, 0.5) is 4.39 Å². The molecule has 126 valence electrons. The number of allylic oxidation sites excluding steroid dienone is 3. The highest BCUT2D eigenvalue weighted by Gasteiger charge is 2.40. The fourth-order valence-corrected chi connectivity index (χ4v) is 2.95. The van der Waals surface area contributed by atoms with Gasteiger partial charge < -0.3 is 10.3 Å². The SMILES string of the molecule is N#Cc1ccc(Cn2cncc2CC2(F)C=CC=CC2C(N)=O)cc1. The Morgan fingerprint density at radius 2 is 2.12 bits per heavy atom. The molecule has 0 saturated heterocycles. The minimum absolute atomic E-state index is 0.00226. The van der Waals surface area contributed by atoms with E-state index in [-0.39, 0.29) is 6.42 Å². The van der Waals surface area contributed by atoms with E-state index in [0.717, 1.165) is 5.56 Å². The average molecular weight is 336 g/mol. The Bertz CT molecular complexity index is 876. The minimum atomic E-state index is -1.87. The van der Waals surface area contributed by atoms with Crippen molar-refractivity contribution in [2.75, 3.05) is 0 Å². The summed E-state index contributed by atoms with van der Waals surface area (Å²) in [6.07, 6.45) is 9.29. The maximum absolute atomic E-state index is 15.4. The summed E-state index contributed by atoms with van der Waals surface area (Å²) in [4.78, 5) is 15.7. The number of hydrogen-bond donors (Lipinski definition) is 1. The van der Waals surface area contributed by atoms with E-state index in [1.165, 1.54) is 12.2 Å². The zero-order chi connectivity index (χ0) is 17.9. The van der Waals surface area contributed by atoms with Gasteiger partial charge in [-0.25, -0.2) is 9.37 Å². The van der Waals surface area contributed by atoms with Crippen molar-refractivity contribution >= 4 is 5.91 Å². The third-order valence-corrected chi connectivity index (χ3v) is 4.30. The van der Waals surface area contributed by atoms with Crippen LogP contribution in [-0.4, -0.2) is 21.1 Å². The van der Waals surface area contributed by atoms with Gasteiger partial charge in [0.2, 0.25) is 5.91 Å². The molecule has 1 aliphatic carbocycles. The lowest BCUT2D eigenvalue weighted by Crippen LogP contribution is -2.42. The van der Waals surface area contributed by atoms with E-state index in [1.807, 2.05) is 16.7 Å². The standard InChI is InChI=1S/C19H17FN4O/c20-19(8-2-1-3-17(19)18(22)25)9-16-11-23-13-24(16)12-15-6-4-14(10-21)5-7-15/h1-8,11,13,17H,9,12H2,(H2,22,25). The van der Waals surface area contributed by atoms with Gasteiger partial charge in [0.05, 0.1) is 23.9 Å². The molecule has 2 atom stereocenters. The Morgan fingerprint density at radius 3 is 2.80 bits per heavy atom. The Kier molecular flexibility index (Phi) is 4.48. The smallest absolute Gasteiger partial charge is 0.227 e. The van der Waals surface area contributed by atoms with Gasteiger partial charge in [0, 0.05) is 24.9 Å². The van der Waals surface area contributed by atoms with E-state index in [9.17, 15) is 4.79 Å². The van der Waals surface area contributed by atoms with Crippen molar-refractivity contribution in [3.63, 3.8) is 0 Å². The molecule has 1 aliphatic rings. The Hall–Kier alpha value is -3.20. The predicted octanol–water partition coefficient (Wildman–Crippen LogP) is 2.28. The van der Waals surface area contributed by atoms with Gasteiger partial charge in [-0.3, -0.25) is 4.79 Å². The van der Waals surface area contributed by atoms with E-state index in [2.05, 4.69) is 11.1 Å². The molecule has 1 aromatic heterocycles. The number of rotatable bonds is 5. The van der Waals surface area contributed by atoms with E-state index in [0.29, 0.717) is 17.8 Å². The number of halogens is 1. The van der Waals surface area contributed by atoms with E-state index in [1.54, 1.807) is 36.8 Å². The number of aromatic nitrogens is 2. The van der Waals surface area contributed by atoms with Crippen molar-refractivity contribution in [3.8, 4) is 6.07 Å². The zero-order valence-corrected chi connectivity index (χ0v) is 13.5. The van der Waals surface area contributed by atoms with Crippen LogP contribution in [0, 0.1) is 17.2 Å². The van der Waals surface area contributed by atoms with Gasteiger partial charge in [-0.1, -0.05) is 30.4 Å². The summed E-state index contributed by atoms with van der Waals surface area (Å²) in [5.74, 6) is -1.70. The predicted molar refractivity (Wildman–Crippen MR) is 91.0 cm³/mol. The van der Waals surface area contributed by atoms with Gasteiger partial charge >= 0.3 is 0 Å². The van der Waals surface area contributed by atoms with E-state index < -0.39 is 17.5 Å². The topological polar surface area (TPSA) is 84.7 Å². The van der Waals surface area contributed by atoms with E-state index in [4.69, 9.17) is 11.0 Å². The Balaban J connectivity index is 1.81. The number of imidazole rings is 1. The molecule has 3 rings (SSSR count). The number of hydrogen-bond acceptors (Lipinski definition) is 3. The molecule has 2 N–H and O–H groups in total. The quantitative estimate of drug-likeness (QED) is 0.909. The van der Waals surface area contributed by atoms with Gasteiger partial charge in [0.1, 0.15) is 5.67 Å². The van der Waals surface area contributed by atoms with Crippen molar-refractivity contribution in [3.05, 3.63) is 77.9 Å². The van der Waals surface area contributed by atoms with Crippen molar-refractivity contribution < 1.29 is 9.18 Å². The number of carbonyl (C=O) groups excluding carboxylic acids is 1. The third kappa shape index (κ3) is 3.50. The monoisotopic (exact) mass is 336 g/mol. The van der Waals surface area contributed by atoms with Crippen LogP contribution in [0.5, 0.6) is 0 Å². The maximum atomic E-state index is 15.4. The van der Waals surface area contributed by atoms with Crippen LogP contribution < -0.4 is 5.73 Å². The molecule has 1 aromatic carbocycles. The van der Waals surface area contributed by atoms with Crippen LogP contribution in [0.3, 0.4) is 0 Å². The van der Waals surface area contributed by atoms with Gasteiger partial charge in [0.15, 0.2) is 0 Å². The van der Waals surface area contributed by atoms with Crippen LogP contribution in [-0.2, 0) is 17.8 Å². The first-order valence-corrected chi connectivity index (χ1v) is 7.84. The molecule has 0 aliphatic heterocycles. The number of nitrogens with zero attached hydrogens (tertiary/aromatic N) is 3. The van der Waals surface area contributed by atoms with Gasteiger partial charge in [-0.15, -0.1) is 0 Å². The summed E-state index contributed by atoms with van der Waals surface area (Å²) in [6, 6.07) is 9.25. The number of amides is 1. The highest BCUT2D eigenvalue weighted by atomic mass is 19.1. The van der Waals surface area contributed by atoms with Gasteiger partial charge in [-0.2, -0.15) is 5.26 Å². The lowest BCUT2D eigenvalue weighted by molar-refractivity contribution is -0.123. The molecule has 5 nitrogen and oxygen atoms in total. The van der Waals surface area contributed by atoms with Crippen molar-refractivity contribution in [2.45, 2.75) is 18.6 Å². The number of alkyl halides is 1. The van der Waals surface area contributed by atoms with E-state index >= 15 is 4.39 Å². The Labute approximate surface area is 144 Å². The summed E-state index contributed by atoms with van der Waals surface area (Å²) in [5, 5.41) is 8.85. The highest BCUT2D eigenvalue weighted by molar-refractivity contribution is 5.81. The first-order chi connectivity index (χ1) is 12.0. The molecule has 2 aromatic rings. The molecule has 6 heteroatoms. The number of carbonyl (C=O) groups is 1. The van der Waals surface area contributed by atoms with Crippen LogP contribution in [0.2, 0.25) is 0 Å². The largest absolute Gasteiger partial charge is 0.369 e. The van der Waals surface area contributed by atoms with Gasteiger partial charge in [-0.05, 0) is 23.8 Å². The minimum Gasteiger partial charge on any atom is -0.369 e. The van der Waals surface area contributed by atoms with Crippen molar-refractivity contribution in [2.24, 2.45) is 11.7 Å². The van der Waals surface area contributed by atoms with Crippen LogP contribution in [0.25, 0.3) is 0 Å². The number of benzene rings is 1. The maximum Gasteiger partial charge on any atom is 0.227 e. The lowest BCUT2D eigenvalue weighted by Gasteiger charge is -2.29. The zero-order valence-electron chi connectivity index (χ0n) is 13.5. The lowest BCUT2D eigenvalue weighted by atomic mass is 9.81. The molecule has 0 spiro atoms. The van der Waals surface area contributed by atoms with Crippen molar-refractivity contribution in [1.82, 2.24) is 9.55 Å². The molecule has 2 unspecified atom stereocenters. The first kappa shape index (κ1) is 16.7. The molecule has 1 amide bonds. The molecule has 0 bridgehead atoms. The summed E-state index contributed by atoms with van der Waals surface area (Å²) < 4.78 is 17.2. The van der Waals surface area contributed by atoms with Crippen LogP contribution >= 0.6 is 0 Å². The van der Waals surface area contributed by atoms with Gasteiger partial charge in [0.25, 0.3) is 0 Å². The highest BCUT2D eigenvalue weighted by Crippen LogP contribution is 2.32. The second-order valence-corrected chi connectivity index (χ2v) is 6.05. The number of nitrogens with two attached hydrogens (primary N) is 1. The molecular formula is C19H17FN4O. The summed E-state index contributed by atoms with van der Waals surface area (Å²) in [6.45, 7) is 0.498. The molecule has 1 heterocycles.